The summed E-state index contributed by atoms with van der Waals surface area (Å²) in [6, 6.07) is 0.769. The van der Waals surface area contributed by atoms with Gasteiger partial charge in [0.25, 0.3) is 0 Å². The molecule has 0 spiro atoms. The van der Waals surface area contributed by atoms with E-state index in [0.717, 1.165) is 17.0 Å². The molecule has 2 heterocycles. The Morgan fingerprint density at radius 3 is 3.27 bits per heavy atom. The second-order valence-electron chi connectivity index (χ2n) is 4.01. The molecular formula is C10H18N4S. The molecule has 1 fully saturated rings. The fourth-order valence-electron chi connectivity index (χ4n) is 1.90. The van der Waals surface area contributed by atoms with E-state index in [9.17, 15) is 0 Å². The van der Waals surface area contributed by atoms with Crippen molar-refractivity contribution in [3.63, 3.8) is 0 Å². The zero-order valence-corrected chi connectivity index (χ0v) is 9.96. The minimum absolute atomic E-state index is 0.769. The Hall–Kier alpha value is -0.550. The standard InChI is InChI=1S/C10H18N4S/c1-14-8-12-13-10(14)15-7-3-5-9-4-2-6-11-9/h8-9,11H,2-7H2,1H3. The lowest BCUT2D eigenvalue weighted by Crippen LogP contribution is -2.21. The summed E-state index contributed by atoms with van der Waals surface area (Å²) in [6.07, 6.45) is 7.01. The van der Waals surface area contributed by atoms with Crippen molar-refractivity contribution in [2.45, 2.75) is 36.9 Å². The second-order valence-corrected chi connectivity index (χ2v) is 5.07. The summed E-state index contributed by atoms with van der Waals surface area (Å²) >= 11 is 1.80. The third-order valence-electron chi connectivity index (χ3n) is 2.76. The Balaban J connectivity index is 1.60. The quantitative estimate of drug-likeness (QED) is 0.609. The lowest BCUT2D eigenvalue weighted by Gasteiger charge is -2.08. The van der Waals surface area contributed by atoms with Crippen molar-refractivity contribution < 1.29 is 0 Å². The van der Waals surface area contributed by atoms with Crippen LogP contribution >= 0.6 is 11.8 Å². The Labute approximate surface area is 94.8 Å². The van der Waals surface area contributed by atoms with E-state index in [1.165, 1.54) is 32.2 Å². The first kappa shape index (κ1) is 11.0. The van der Waals surface area contributed by atoms with Gasteiger partial charge in [0.05, 0.1) is 0 Å². The van der Waals surface area contributed by atoms with Crippen molar-refractivity contribution in [1.82, 2.24) is 20.1 Å². The molecule has 0 radical (unpaired) electrons. The van der Waals surface area contributed by atoms with E-state index in [0.29, 0.717) is 0 Å². The highest BCUT2D eigenvalue weighted by Gasteiger charge is 2.13. The Bertz CT molecular complexity index is 293. The number of thioether (sulfide) groups is 1. The number of hydrogen-bond acceptors (Lipinski definition) is 4. The smallest absolute Gasteiger partial charge is 0.190 e. The summed E-state index contributed by atoms with van der Waals surface area (Å²) in [6.45, 7) is 1.21. The molecule has 2 rings (SSSR count). The molecule has 1 aliphatic rings. The first-order valence-corrected chi connectivity index (χ1v) is 6.55. The van der Waals surface area contributed by atoms with Crippen LogP contribution in [0.25, 0.3) is 0 Å². The van der Waals surface area contributed by atoms with E-state index < -0.39 is 0 Å². The van der Waals surface area contributed by atoms with Gasteiger partial charge in [0.1, 0.15) is 6.33 Å². The van der Waals surface area contributed by atoms with Crippen molar-refractivity contribution >= 4 is 11.8 Å². The minimum atomic E-state index is 0.769. The fraction of sp³-hybridized carbons (Fsp3) is 0.800. The molecule has 1 aromatic heterocycles. The molecule has 1 unspecified atom stereocenters. The molecule has 15 heavy (non-hydrogen) atoms. The third kappa shape index (κ3) is 3.21. The van der Waals surface area contributed by atoms with Gasteiger partial charge in [-0.3, -0.25) is 0 Å². The highest BCUT2D eigenvalue weighted by molar-refractivity contribution is 7.99. The SMILES string of the molecule is Cn1cnnc1SCCCC1CCCN1. The van der Waals surface area contributed by atoms with Crippen LogP contribution in [0.2, 0.25) is 0 Å². The highest BCUT2D eigenvalue weighted by atomic mass is 32.2. The predicted molar refractivity (Wildman–Crippen MR) is 62.0 cm³/mol. The molecule has 1 saturated heterocycles. The summed E-state index contributed by atoms with van der Waals surface area (Å²) in [5.74, 6) is 1.14. The van der Waals surface area contributed by atoms with Crippen molar-refractivity contribution in [2.75, 3.05) is 12.3 Å². The molecule has 0 aliphatic carbocycles. The molecule has 1 aliphatic heterocycles. The van der Waals surface area contributed by atoms with Crippen LogP contribution in [0, 0.1) is 0 Å². The number of nitrogens with zero attached hydrogens (tertiary/aromatic N) is 3. The topological polar surface area (TPSA) is 42.7 Å². The summed E-state index contributed by atoms with van der Waals surface area (Å²) in [7, 11) is 1.99. The monoisotopic (exact) mass is 226 g/mol. The molecule has 1 aromatic rings. The third-order valence-corrected chi connectivity index (χ3v) is 3.88. The largest absolute Gasteiger partial charge is 0.314 e. The van der Waals surface area contributed by atoms with Gasteiger partial charge in [0.2, 0.25) is 0 Å². The average molecular weight is 226 g/mol. The number of rotatable bonds is 5. The van der Waals surface area contributed by atoms with Gasteiger partial charge in [-0.05, 0) is 32.2 Å². The normalized spacial score (nSPS) is 21.0. The van der Waals surface area contributed by atoms with Crippen LogP contribution in [0.5, 0.6) is 0 Å². The summed E-state index contributed by atoms with van der Waals surface area (Å²) in [5.41, 5.74) is 0. The maximum Gasteiger partial charge on any atom is 0.190 e. The van der Waals surface area contributed by atoms with Crippen LogP contribution in [-0.4, -0.2) is 33.1 Å². The van der Waals surface area contributed by atoms with Crippen LogP contribution in [0.3, 0.4) is 0 Å². The van der Waals surface area contributed by atoms with Crippen molar-refractivity contribution in [2.24, 2.45) is 7.05 Å². The van der Waals surface area contributed by atoms with Gasteiger partial charge in [-0.15, -0.1) is 10.2 Å². The molecule has 0 amide bonds. The maximum absolute atomic E-state index is 4.05. The van der Waals surface area contributed by atoms with Crippen molar-refractivity contribution in [3.05, 3.63) is 6.33 Å². The van der Waals surface area contributed by atoms with Crippen molar-refractivity contribution in [1.29, 1.82) is 0 Å². The van der Waals surface area contributed by atoms with Crippen LogP contribution in [0.15, 0.2) is 11.5 Å². The van der Waals surface area contributed by atoms with Gasteiger partial charge in [0, 0.05) is 18.8 Å². The number of nitrogens with one attached hydrogen (secondary N) is 1. The van der Waals surface area contributed by atoms with Gasteiger partial charge >= 0.3 is 0 Å². The van der Waals surface area contributed by atoms with E-state index >= 15 is 0 Å². The zero-order valence-electron chi connectivity index (χ0n) is 9.15. The van der Waals surface area contributed by atoms with Crippen LogP contribution in [0.4, 0.5) is 0 Å². The Morgan fingerprint density at radius 2 is 2.60 bits per heavy atom. The molecule has 4 nitrogen and oxygen atoms in total. The molecule has 0 bridgehead atoms. The summed E-state index contributed by atoms with van der Waals surface area (Å²) in [4.78, 5) is 0. The maximum atomic E-state index is 4.05. The zero-order chi connectivity index (χ0) is 10.5. The molecule has 0 saturated carbocycles. The van der Waals surface area contributed by atoms with E-state index in [4.69, 9.17) is 0 Å². The first-order chi connectivity index (χ1) is 7.36. The van der Waals surface area contributed by atoms with Gasteiger partial charge in [0.15, 0.2) is 5.16 Å². The number of aryl methyl sites for hydroxylation is 1. The van der Waals surface area contributed by atoms with Gasteiger partial charge in [-0.1, -0.05) is 11.8 Å². The molecule has 1 atom stereocenters. The molecular weight excluding hydrogens is 208 g/mol. The second kappa shape index (κ2) is 5.51. The molecule has 84 valence electrons. The highest BCUT2D eigenvalue weighted by Crippen LogP contribution is 2.17. The van der Waals surface area contributed by atoms with Gasteiger partial charge < -0.3 is 9.88 Å². The summed E-state index contributed by atoms with van der Waals surface area (Å²) in [5, 5.41) is 12.4. The summed E-state index contributed by atoms with van der Waals surface area (Å²) < 4.78 is 1.97. The molecule has 0 aromatic carbocycles. The van der Waals surface area contributed by atoms with E-state index in [-0.39, 0.29) is 0 Å². The number of aromatic nitrogens is 3. The molecule has 5 heteroatoms. The van der Waals surface area contributed by atoms with E-state index in [1.54, 1.807) is 18.1 Å². The van der Waals surface area contributed by atoms with Gasteiger partial charge in [-0.2, -0.15) is 0 Å². The van der Waals surface area contributed by atoms with Crippen LogP contribution in [-0.2, 0) is 7.05 Å². The average Bonchev–Trinajstić information content (AvgIpc) is 2.85. The predicted octanol–water partition coefficient (Wildman–Crippen LogP) is 1.44. The first-order valence-electron chi connectivity index (χ1n) is 5.56. The molecule has 1 N–H and O–H groups in total. The number of hydrogen-bond donors (Lipinski definition) is 1. The Kier molecular flexibility index (Phi) is 4.02. The van der Waals surface area contributed by atoms with E-state index in [1.807, 2.05) is 11.6 Å². The lowest BCUT2D eigenvalue weighted by atomic mass is 10.1. The van der Waals surface area contributed by atoms with Crippen LogP contribution in [0.1, 0.15) is 25.7 Å². The minimum Gasteiger partial charge on any atom is -0.314 e. The van der Waals surface area contributed by atoms with Crippen LogP contribution < -0.4 is 5.32 Å². The fourth-order valence-corrected chi connectivity index (χ4v) is 2.75. The Morgan fingerprint density at radius 1 is 1.67 bits per heavy atom. The lowest BCUT2D eigenvalue weighted by molar-refractivity contribution is 0.553. The van der Waals surface area contributed by atoms with Crippen molar-refractivity contribution in [3.8, 4) is 0 Å². The van der Waals surface area contributed by atoms with E-state index in [2.05, 4.69) is 15.5 Å². The van der Waals surface area contributed by atoms with Gasteiger partial charge in [-0.25, -0.2) is 0 Å².